The lowest BCUT2D eigenvalue weighted by Gasteiger charge is -2.61. The van der Waals surface area contributed by atoms with E-state index in [0.717, 1.165) is 44.9 Å². The highest BCUT2D eigenvalue weighted by Gasteiger charge is 2.60. The van der Waals surface area contributed by atoms with Crippen LogP contribution in [0.1, 0.15) is 58.3 Å². The summed E-state index contributed by atoms with van der Waals surface area (Å²) in [6.07, 6.45) is 7.91. The third kappa shape index (κ3) is 3.27. The Morgan fingerprint density at radius 3 is 2.20 bits per heavy atom. The molecule has 25 heavy (non-hydrogen) atoms. The van der Waals surface area contributed by atoms with Gasteiger partial charge in [0.05, 0.1) is 5.41 Å². The minimum Gasteiger partial charge on any atom is -0.354 e. The topological polar surface area (TPSA) is 87.3 Å². The minimum absolute atomic E-state index is 0.0142. The zero-order valence-corrected chi connectivity index (χ0v) is 15.0. The van der Waals surface area contributed by atoms with Crippen LogP contribution in [0, 0.1) is 23.2 Å². The van der Waals surface area contributed by atoms with Gasteiger partial charge in [-0.05, 0) is 63.2 Å². The van der Waals surface area contributed by atoms with E-state index in [4.69, 9.17) is 0 Å². The first kappa shape index (κ1) is 16.9. The molecule has 0 aliphatic heterocycles. The van der Waals surface area contributed by atoms with Crippen molar-refractivity contribution in [3.63, 3.8) is 0 Å². The normalized spacial score (nSPS) is 38.3. The highest BCUT2D eigenvalue weighted by atomic mass is 16.2. The van der Waals surface area contributed by atoms with E-state index in [0.29, 0.717) is 24.9 Å². The van der Waals surface area contributed by atoms with Crippen LogP contribution in [0.25, 0.3) is 0 Å². The highest BCUT2D eigenvalue weighted by molar-refractivity contribution is 5.84. The molecule has 3 amide bonds. The zero-order chi connectivity index (χ0) is 17.7. The second kappa shape index (κ2) is 5.99. The van der Waals surface area contributed by atoms with Gasteiger partial charge in [0, 0.05) is 31.5 Å². The zero-order valence-electron chi connectivity index (χ0n) is 15.0. The Labute approximate surface area is 148 Å². The number of hydrogen-bond acceptors (Lipinski definition) is 3. The van der Waals surface area contributed by atoms with Crippen LogP contribution in [0.4, 0.5) is 0 Å². The molecule has 138 valence electrons. The molecule has 5 aliphatic carbocycles. The monoisotopic (exact) mass is 347 g/mol. The predicted molar refractivity (Wildman–Crippen MR) is 92.4 cm³/mol. The van der Waals surface area contributed by atoms with Gasteiger partial charge in [0.25, 0.3) is 0 Å². The molecule has 0 spiro atoms. The van der Waals surface area contributed by atoms with Crippen molar-refractivity contribution >= 4 is 17.7 Å². The lowest BCUT2D eigenvalue weighted by molar-refractivity contribution is -0.153. The van der Waals surface area contributed by atoms with E-state index in [-0.39, 0.29) is 34.6 Å². The first-order valence-electron chi connectivity index (χ1n) is 9.75. The van der Waals surface area contributed by atoms with Crippen molar-refractivity contribution in [3.05, 3.63) is 0 Å². The summed E-state index contributed by atoms with van der Waals surface area (Å²) in [7, 11) is 0. The maximum atomic E-state index is 13.0. The molecule has 0 aromatic rings. The van der Waals surface area contributed by atoms with Crippen molar-refractivity contribution in [2.45, 2.75) is 63.8 Å². The molecule has 2 unspecified atom stereocenters. The second-order valence-electron chi connectivity index (χ2n) is 9.02. The van der Waals surface area contributed by atoms with Crippen molar-refractivity contribution in [3.8, 4) is 0 Å². The van der Waals surface area contributed by atoms with Crippen molar-refractivity contribution in [2.75, 3.05) is 13.1 Å². The first-order valence-corrected chi connectivity index (χ1v) is 9.75. The maximum absolute atomic E-state index is 13.0. The summed E-state index contributed by atoms with van der Waals surface area (Å²) >= 11 is 0. The third-order valence-electron chi connectivity index (χ3n) is 6.64. The molecule has 0 aromatic heterocycles. The van der Waals surface area contributed by atoms with Gasteiger partial charge < -0.3 is 16.0 Å². The van der Waals surface area contributed by atoms with Crippen LogP contribution in [0.2, 0.25) is 0 Å². The molecule has 5 rings (SSSR count). The average Bonchev–Trinajstić information content (AvgIpc) is 3.33. The fraction of sp³-hybridized carbons (Fsp3) is 0.842. The molecule has 6 heteroatoms. The predicted octanol–water partition coefficient (Wildman–Crippen LogP) is 1.10. The minimum atomic E-state index is -0.326. The van der Waals surface area contributed by atoms with E-state index < -0.39 is 0 Å². The van der Waals surface area contributed by atoms with E-state index >= 15 is 0 Å². The average molecular weight is 347 g/mol. The second-order valence-corrected chi connectivity index (χ2v) is 9.02. The van der Waals surface area contributed by atoms with Gasteiger partial charge in [0.1, 0.15) is 0 Å². The molecule has 5 aliphatic rings. The molecular formula is C19H29N3O3. The summed E-state index contributed by atoms with van der Waals surface area (Å²) in [5, 5.41) is 9.15. The van der Waals surface area contributed by atoms with Gasteiger partial charge in [-0.15, -0.1) is 0 Å². The van der Waals surface area contributed by atoms with Gasteiger partial charge >= 0.3 is 0 Å². The van der Waals surface area contributed by atoms with Crippen molar-refractivity contribution in [1.29, 1.82) is 0 Å². The molecule has 0 heterocycles. The largest absolute Gasteiger partial charge is 0.354 e. The Morgan fingerprint density at radius 2 is 1.60 bits per heavy atom. The maximum Gasteiger partial charge on any atom is 0.226 e. The Hall–Kier alpha value is -1.59. The summed E-state index contributed by atoms with van der Waals surface area (Å²) in [6, 6.07) is 0. The lowest BCUT2D eigenvalue weighted by atomic mass is 9.46. The van der Waals surface area contributed by atoms with Crippen LogP contribution in [-0.4, -0.2) is 36.3 Å². The van der Waals surface area contributed by atoms with Crippen molar-refractivity contribution < 1.29 is 14.4 Å². The van der Waals surface area contributed by atoms with E-state index in [9.17, 15) is 14.4 Å². The number of hydrogen-bond donors (Lipinski definition) is 3. The van der Waals surface area contributed by atoms with Gasteiger partial charge in [0.2, 0.25) is 17.7 Å². The molecule has 5 fully saturated rings. The summed E-state index contributed by atoms with van der Waals surface area (Å²) in [6.45, 7) is 2.57. The Balaban J connectivity index is 1.36. The molecule has 0 aromatic carbocycles. The van der Waals surface area contributed by atoms with Gasteiger partial charge in [-0.25, -0.2) is 0 Å². The van der Waals surface area contributed by atoms with Crippen LogP contribution >= 0.6 is 0 Å². The van der Waals surface area contributed by atoms with E-state index in [1.807, 2.05) is 0 Å². The fourth-order valence-corrected chi connectivity index (χ4v) is 6.09. The summed E-state index contributed by atoms with van der Waals surface area (Å²) in [4.78, 5) is 36.3. The number of amides is 3. The van der Waals surface area contributed by atoms with Gasteiger partial charge in [0.15, 0.2) is 0 Å². The smallest absolute Gasteiger partial charge is 0.226 e. The molecule has 0 radical (unpaired) electrons. The lowest BCUT2D eigenvalue weighted by Crippen LogP contribution is -2.65. The quantitative estimate of drug-likeness (QED) is 0.629. The molecule has 4 bridgehead atoms. The Morgan fingerprint density at radius 1 is 0.960 bits per heavy atom. The number of rotatable bonds is 6. The molecule has 0 saturated heterocycles. The van der Waals surface area contributed by atoms with E-state index in [2.05, 4.69) is 16.0 Å². The first-order chi connectivity index (χ1) is 11.9. The van der Waals surface area contributed by atoms with Crippen molar-refractivity contribution in [1.82, 2.24) is 16.0 Å². The number of nitrogens with one attached hydrogen (secondary N) is 3. The molecule has 3 N–H and O–H groups in total. The Bertz CT molecular complexity index is 585. The molecule has 6 nitrogen and oxygen atoms in total. The van der Waals surface area contributed by atoms with E-state index in [1.165, 1.54) is 6.42 Å². The van der Waals surface area contributed by atoms with Crippen LogP contribution in [-0.2, 0) is 14.4 Å². The molecular weight excluding hydrogens is 318 g/mol. The van der Waals surface area contributed by atoms with Gasteiger partial charge in [-0.1, -0.05) is 0 Å². The standard InChI is InChI=1S/C19H29N3O3/c1-12(23)22-19-9-13-6-14(10-19)8-18(7-13,11-19)17(25)21-5-4-20-16(24)15-2-3-15/h13-15H,2-11H2,1H3,(H,20,24)(H,21,25)(H,22,23)/t13-,14+,18?,19?. The Kier molecular flexibility index (Phi) is 4.04. The fourth-order valence-electron chi connectivity index (χ4n) is 6.09. The number of carbonyl (C=O) groups is 3. The van der Waals surface area contributed by atoms with Crippen LogP contribution in [0.15, 0.2) is 0 Å². The van der Waals surface area contributed by atoms with Crippen LogP contribution < -0.4 is 16.0 Å². The summed E-state index contributed by atoms with van der Waals surface area (Å²) < 4.78 is 0. The van der Waals surface area contributed by atoms with Crippen molar-refractivity contribution in [2.24, 2.45) is 23.2 Å². The van der Waals surface area contributed by atoms with E-state index in [1.54, 1.807) is 6.92 Å². The van der Waals surface area contributed by atoms with Crippen LogP contribution in [0.3, 0.4) is 0 Å². The summed E-state index contributed by atoms with van der Waals surface area (Å²) in [5.41, 5.74) is -0.500. The number of carbonyl (C=O) groups excluding carboxylic acids is 3. The van der Waals surface area contributed by atoms with Crippen LogP contribution in [0.5, 0.6) is 0 Å². The third-order valence-corrected chi connectivity index (χ3v) is 6.64. The molecule has 5 saturated carbocycles. The molecule has 4 atom stereocenters. The SMILES string of the molecule is CC(=O)NC12C[C@H]3C[C@@H](C1)CC(C(=O)NCCNC(=O)C1CC1)(C3)C2. The van der Waals surface area contributed by atoms with Gasteiger partial charge in [-0.3, -0.25) is 14.4 Å². The summed E-state index contributed by atoms with van der Waals surface area (Å²) in [5.74, 6) is 1.56. The van der Waals surface area contributed by atoms with Gasteiger partial charge in [-0.2, -0.15) is 0 Å². The highest BCUT2D eigenvalue weighted by Crippen LogP contribution is 2.61.